The minimum absolute atomic E-state index is 0.158. The van der Waals surface area contributed by atoms with Crippen LogP contribution in [0.3, 0.4) is 0 Å². The van der Waals surface area contributed by atoms with Gasteiger partial charge in [-0.1, -0.05) is 13.8 Å². The van der Waals surface area contributed by atoms with Crippen LogP contribution in [0.25, 0.3) is 0 Å². The van der Waals surface area contributed by atoms with Gasteiger partial charge in [-0.2, -0.15) is 0 Å². The molecule has 14 heavy (non-hydrogen) atoms. The fraction of sp³-hybridized carbons (Fsp3) is 0.900. The third kappa shape index (κ3) is 3.54. The molecule has 0 aromatic rings. The molecule has 0 aromatic carbocycles. The predicted molar refractivity (Wildman–Crippen MR) is 55.0 cm³/mol. The molecule has 0 radical (unpaired) electrons. The summed E-state index contributed by atoms with van der Waals surface area (Å²) in [6.07, 6.45) is 2.92. The van der Waals surface area contributed by atoms with E-state index >= 15 is 0 Å². The Kier molecular flexibility index (Phi) is 4.20. The number of hydrogen-bond acceptors (Lipinski definition) is 2. The van der Waals surface area contributed by atoms with Crippen molar-refractivity contribution in [2.75, 3.05) is 6.54 Å². The predicted octanol–water partition coefficient (Wildman–Crippen LogP) is 0.855. The Morgan fingerprint density at radius 2 is 2.14 bits per heavy atom. The van der Waals surface area contributed by atoms with Crippen molar-refractivity contribution in [3.8, 4) is 0 Å². The molecule has 1 atom stereocenters. The molecule has 1 unspecified atom stereocenters. The van der Waals surface area contributed by atoms with E-state index < -0.39 is 6.10 Å². The van der Waals surface area contributed by atoms with E-state index in [-0.39, 0.29) is 11.9 Å². The number of rotatable bonds is 4. The average molecular weight is 200 g/mol. The average Bonchev–Trinajstić information content (AvgIpc) is 2.07. The molecule has 1 fully saturated rings. The Hall–Kier alpha value is -0.770. The first-order chi connectivity index (χ1) is 6.59. The van der Waals surface area contributed by atoms with E-state index in [9.17, 15) is 9.90 Å². The van der Waals surface area contributed by atoms with Crippen molar-refractivity contribution in [2.24, 2.45) is 5.92 Å². The van der Waals surface area contributed by atoms with Crippen LogP contribution >= 0.6 is 0 Å². The minimum atomic E-state index is -0.456. The fourth-order valence-corrected chi connectivity index (χ4v) is 1.22. The molecular weight excluding hydrogens is 180 g/mol. The second kappa shape index (κ2) is 5.20. The van der Waals surface area contributed by atoms with Crippen molar-refractivity contribution in [1.82, 2.24) is 10.6 Å². The van der Waals surface area contributed by atoms with Crippen molar-refractivity contribution in [1.29, 1.82) is 0 Å². The Morgan fingerprint density at radius 3 is 2.57 bits per heavy atom. The molecular formula is C10H20N2O2. The maximum absolute atomic E-state index is 11.2. The molecule has 2 amide bonds. The van der Waals surface area contributed by atoms with Crippen molar-refractivity contribution < 1.29 is 9.90 Å². The summed E-state index contributed by atoms with van der Waals surface area (Å²) in [6.45, 7) is 4.18. The maximum Gasteiger partial charge on any atom is 0.315 e. The van der Waals surface area contributed by atoms with Gasteiger partial charge in [-0.05, 0) is 25.2 Å². The number of urea groups is 1. The molecule has 0 saturated heterocycles. The summed E-state index contributed by atoms with van der Waals surface area (Å²) in [4.78, 5) is 11.2. The summed E-state index contributed by atoms with van der Waals surface area (Å²) in [6, 6.07) is 0.195. The smallest absolute Gasteiger partial charge is 0.315 e. The van der Waals surface area contributed by atoms with Crippen molar-refractivity contribution in [2.45, 2.75) is 45.3 Å². The summed E-state index contributed by atoms with van der Waals surface area (Å²) < 4.78 is 0. The summed E-state index contributed by atoms with van der Waals surface area (Å²) in [5.74, 6) is 0.180. The van der Waals surface area contributed by atoms with Crippen molar-refractivity contribution in [3.63, 3.8) is 0 Å². The lowest BCUT2D eigenvalue weighted by Crippen LogP contribution is -2.47. The number of hydrogen-bond donors (Lipinski definition) is 3. The zero-order chi connectivity index (χ0) is 10.6. The standard InChI is InChI=1S/C10H20N2O2/c1-7(2)9(13)6-11-10(14)12-8-4-3-5-8/h7-9,13H,3-6H2,1-2H3,(H2,11,12,14). The zero-order valence-corrected chi connectivity index (χ0v) is 8.92. The highest BCUT2D eigenvalue weighted by Gasteiger charge is 2.19. The molecule has 0 heterocycles. The Balaban J connectivity index is 2.07. The van der Waals surface area contributed by atoms with Gasteiger partial charge in [0.05, 0.1) is 6.10 Å². The SMILES string of the molecule is CC(C)C(O)CNC(=O)NC1CCC1. The van der Waals surface area contributed by atoms with Crippen LogP contribution in [0.2, 0.25) is 0 Å². The lowest BCUT2D eigenvalue weighted by atomic mass is 9.93. The van der Waals surface area contributed by atoms with Gasteiger partial charge in [0.25, 0.3) is 0 Å². The second-order valence-electron chi connectivity index (χ2n) is 4.29. The second-order valence-corrected chi connectivity index (χ2v) is 4.29. The molecule has 0 spiro atoms. The molecule has 4 nitrogen and oxygen atoms in total. The number of carbonyl (C=O) groups is 1. The number of aliphatic hydroxyl groups excluding tert-OH is 1. The highest BCUT2D eigenvalue weighted by Crippen LogP contribution is 2.17. The van der Waals surface area contributed by atoms with Gasteiger partial charge in [-0.25, -0.2) is 4.79 Å². The van der Waals surface area contributed by atoms with Gasteiger partial charge in [0.15, 0.2) is 0 Å². The van der Waals surface area contributed by atoms with Crippen LogP contribution < -0.4 is 10.6 Å². The Morgan fingerprint density at radius 1 is 1.50 bits per heavy atom. The normalized spacial score (nSPS) is 18.9. The van der Waals surface area contributed by atoms with E-state index in [4.69, 9.17) is 0 Å². The quantitative estimate of drug-likeness (QED) is 0.630. The number of carbonyl (C=O) groups excluding carboxylic acids is 1. The lowest BCUT2D eigenvalue weighted by Gasteiger charge is -2.26. The van der Waals surface area contributed by atoms with E-state index in [1.807, 2.05) is 13.8 Å². The summed E-state index contributed by atoms with van der Waals surface area (Å²) in [7, 11) is 0. The number of aliphatic hydroxyl groups is 1. The lowest BCUT2D eigenvalue weighted by molar-refractivity contribution is 0.124. The molecule has 0 bridgehead atoms. The zero-order valence-electron chi connectivity index (χ0n) is 8.92. The van der Waals surface area contributed by atoms with E-state index in [1.165, 1.54) is 6.42 Å². The van der Waals surface area contributed by atoms with Crippen molar-refractivity contribution in [3.05, 3.63) is 0 Å². The van der Waals surface area contributed by atoms with Crippen LogP contribution in [0.15, 0.2) is 0 Å². The van der Waals surface area contributed by atoms with Gasteiger partial charge >= 0.3 is 6.03 Å². The molecule has 82 valence electrons. The van der Waals surface area contributed by atoms with E-state index in [0.717, 1.165) is 12.8 Å². The van der Waals surface area contributed by atoms with Gasteiger partial charge in [0.2, 0.25) is 0 Å². The van der Waals surface area contributed by atoms with Crippen LogP contribution in [0, 0.1) is 5.92 Å². The van der Waals surface area contributed by atoms with E-state index in [2.05, 4.69) is 10.6 Å². The summed E-state index contributed by atoms with van der Waals surface area (Å²) >= 11 is 0. The van der Waals surface area contributed by atoms with Crippen molar-refractivity contribution >= 4 is 6.03 Å². The topological polar surface area (TPSA) is 61.4 Å². The summed E-state index contributed by atoms with van der Waals surface area (Å²) in [5, 5.41) is 15.0. The van der Waals surface area contributed by atoms with Gasteiger partial charge in [0.1, 0.15) is 0 Å². The van der Waals surface area contributed by atoms with Gasteiger partial charge in [0, 0.05) is 12.6 Å². The Bertz CT molecular complexity index is 191. The van der Waals surface area contributed by atoms with Gasteiger partial charge < -0.3 is 15.7 Å². The summed E-state index contributed by atoms with van der Waals surface area (Å²) in [5.41, 5.74) is 0. The maximum atomic E-state index is 11.2. The Labute approximate surface area is 85.1 Å². The van der Waals surface area contributed by atoms with Gasteiger partial charge in [-0.15, -0.1) is 0 Å². The minimum Gasteiger partial charge on any atom is -0.391 e. The highest BCUT2D eigenvalue weighted by molar-refractivity contribution is 5.74. The van der Waals surface area contributed by atoms with Crippen LogP contribution in [-0.4, -0.2) is 29.8 Å². The molecule has 1 aliphatic carbocycles. The molecule has 0 aromatic heterocycles. The molecule has 1 aliphatic rings. The van der Waals surface area contributed by atoms with E-state index in [1.54, 1.807) is 0 Å². The monoisotopic (exact) mass is 200 g/mol. The van der Waals surface area contributed by atoms with Gasteiger partial charge in [-0.3, -0.25) is 0 Å². The third-order valence-corrected chi connectivity index (χ3v) is 2.68. The third-order valence-electron chi connectivity index (χ3n) is 2.68. The number of amides is 2. The molecule has 4 heteroatoms. The molecule has 0 aliphatic heterocycles. The number of nitrogens with one attached hydrogen (secondary N) is 2. The molecule has 1 rings (SSSR count). The first-order valence-electron chi connectivity index (χ1n) is 5.32. The first kappa shape index (κ1) is 11.3. The van der Waals surface area contributed by atoms with Crippen LogP contribution in [-0.2, 0) is 0 Å². The molecule has 1 saturated carbocycles. The molecule has 3 N–H and O–H groups in total. The van der Waals surface area contributed by atoms with Crippen LogP contribution in [0.5, 0.6) is 0 Å². The largest absolute Gasteiger partial charge is 0.391 e. The van der Waals surface area contributed by atoms with Crippen LogP contribution in [0.1, 0.15) is 33.1 Å². The van der Waals surface area contributed by atoms with Crippen LogP contribution in [0.4, 0.5) is 4.79 Å². The highest BCUT2D eigenvalue weighted by atomic mass is 16.3. The van der Waals surface area contributed by atoms with E-state index in [0.29, 0.717) is 12.6 Å². The fourth-order valence-electron chi connectivity index (χ4n) is 1.22. The first-order valence-corrected chi connectivity index (χ1v) is 5.32.